The third kappa shape index (κ3) is 2.68. The van der Waals surface area contributed by atoms with Crippen LogP contribution in [0.4, 0.5) is 0 Å². The van der Waals surface area contributed by atoms with Gasteiger partial charge < -0.3 is 15.7 Å². The molecule has 1 atom stereocenters. The van der Waals surface area contributed by atoms with Crippen LogP contribution >= 0.6 is 0 Å². The zero-order chi connectivity index (χ0) is 14.8. The Morgan fingerprint density at radius 3 is 2.40 bits per heavy atom. The minimum Gasteiger partial charge on any atom is -0.481 e. The molecule has 1 heterocycles. The number of hydrogen-bond donors (Lipinski definition) is 2. The van der Waals surface area contributed by atoms with Crippen molar-refractivity contribution in [2.24, 2.45) is 16.6 Å². The summed E-state index contributed by atoms with van der Waals surface area (Å²) >= 11 is 0. The first-order valence-electron chi connectivity index (χ1n) is 7.68. The van der Waals surface area contributed by atoms with Crippen LogP contribution in [0.1, 0.15) is 51.9 Å². The van der Waals surface area contributed by atoms with E-state index in [9.17, 15) is 14.7 Å². The minimum absolute atomic E-state index is 0.00731. The number of amides is 1. The highest BCUT2D eigenvalue weighted by Crippen LogP contribution is 2.44. The number of carboxylic acid groups (broad SMARTS) is 1. The Morgan fingerprint density at radius 2 is 1.95 bits per heavy atom. The lowest BCUT2D eigenvalue weighted by atomic mass is 9.66. The van der Waals surface area contributed by atoms with Crippen molar-refractivity contribution in [2.45, 2.75) is 51.9 Å². The van der Waals surface area contributed by atoms with Crippen LogP contribution in [0.5, 0.6) is 0 Å². The maximum atomic E-state index is 12.5. The fourth-order valence-corrected chi connectivity index (χ4v) is 3.52. The lowest BCUT2D eigenvalue weighted by Gasteiger charge is -2.44. The van der Waals surface area contributed by atoms with Gasteiger partial charge in [0, 0.05) is 19.5 Å². The molecule has 0 radical (unpaired) electrons. The predicted octanol–water partition coefficient (Wildman–Crippen LogP) is 1.61. The summed E-state index contributed by atoms with van der Waals surface area (Å²) in [6, 6.07) is 0. The van der Waals surface area contributed by atoms with Gasteiger partial charge in [-0.2, -0.15) is 0 Å². The van der Waals surface area contributed by atoms with Crippen LogP contribution in [0, 0.1) is 10.8 Å². The average Bonchev–Trinajstić information content (AvgIpc) is 2.42. The van der Waals surface area contributed by atoms with E-state index in [1.807, 2.05) is 6.92 Å². The Labute approximate surface area is 120 Å². The number of hydrogen-bond acceptors (Lipinski definition) is 3. The van der Waals surface area contributed by atoms with Crippen molar-refractivity contribution < 1.29 is 14.7 Å². The molecule has 20 heavy (non-hydrogen) atoms. The Hall–Kier alpha value is -1.10. The molecule has 0 aromatic rings. The van der Waals surface area contributed by atoms with Gasteiger partial charge >= 0.3 is 5.97 Å². The van der Waals surface area contributed by atoms with E-state index < -0.39 is 11.4 Å². The van der Waals surface area contributed by atoms with Crippen LogP contribution in [0.2, 0.25) is 0 Å². The molecule has 2 aliphatic rings. The molecule has 1 saturated heterocycles. The predicted molar refractivity (Wildman–Crippen MR) is 76.1 cm³/mol. The van der Waals surface area contributed by atoms with E-state index in [0.717, 1.165) is 25.7 Å². The third-order valence-corrected chi connectivity index (χ3v) is 5.43. The third-order valence-electron chi connectivity index (χ3n) is 5.43. The quantitative estimate of drug-likeness (QED) is 0.802. The zero-order valence-electron chi connectivity index (χ0n) is 12.4. The van der Waals surface area contributed by atoms with E-state index >= 15 is 0 Å². The van der Waals surface area contributed by atoms with Crippen LogP contribution in [0.25, 0.3) is 0 Å². The van der Waals surface area contributed by atoms with Crippen molar-refractivity contribution in [2.75, 3.05) is 19.6 Å². The van der Waals surface area contributed by atoms with Gasteiger partial charge in [-0.05, 0) is 44.1 Å². The fraction of sp³-hybridized carbons (Fsp3) is 0.867. The molecular weight excluding hydrogens is 256 g/mol. The maximum Gasteiger partial charge on any atom is 0.311 e. The smallest absolute Gasteiger partial charge is 0.311 e. The van der Waals surface area contributed by atoms with Gasteiger partial charge in [-0.3, -0.25) is 9.59 Å². The molecule has 1 aliphatic carbocycles. The van der Waals surface area contributed by atoms with Crippen molar-refractivity contribution >= 4 is 11.9 Å². The molecule has 1 unspecified atom stereocenters. The summed E-state index contributed by atoms with van der Waals surface area (Å²) < 4.78 is 0. The van der Waals surface area contributed by atoms with Crippen LogP contribution in [0.15, 0.2) is 0 Å². The Morgan fingerprint density at radius 1 is 1.25 bits per heavy atom. The topological polar surface area (TPSA) is 83.6 Å². The lowest BCUT2D eigenvalue weighted by Crippen LogP contribution is -2.51. The molecule has 114 valence electrons. The molecule has 2 rings (SSSR count). The van der Waals surface area contributed by atoms with Gasteiger partial charge in [-0.1, -0.05) is 13.3 Å². The monoisotopic (exact) mass is 282 g/mol. The molecule has 0 bridgehead atoms. The van der Waals surface area contributed by atoms with Crippen molar-refractivity contribution in [3.8, 4) is 0 Å². The van der Waals surface area contributed by atoms with Crippen molar-refractivity contribution in [1.29, 1.82) is 0 Å². The van der Waals surface area contributed by atoms with Crippen LogP contribution in [-0.4, -0.2) is 41.5 Å². The van der Waals surface area contributed by atoms with Gasteiger partial charge in [0.25, 0.3) is 0 Å². The number of aliphatic carboxylic acids is 1. The molecule has 5 heteroatoms. The normalized spacial score (nSPS) is 28.8. The van der Waals surface area contributed by atoms with E-state index in [0.29, 0.717) is 38.9 Å². The molecule has 5 nitrogen and oxygen atoms in total. The number of carbonyl (C=O) groups is 2. The largest absolute Gasteiger partial charge is 0.481 e. The van der Waals surface area contributed by atoms with E-state index in [4.69, 9.17) is 5.73 Å². The summed E-state index contributed by atoms with van der Waals surface area (Å²) in [5.74, 6) is -0.677. The molecular formula is C15H26N2O3. The van der Waals surface area contributed by atoms with Crippen LogP contribution < -0.4 is 5.73 Å². The summed E-state index contributed by atoms with van der Waals surface area (Å²) in [4.78, 5) is 25.8. The standard InChI is InChI=1S/C15H26N2O3/c1-2-15(13(19)20)7-4-8-17(11-15)12(18)9-14(10-16)5-3-6-14/h2-11,16H2,1H3,(H,19,20). The minimum atomic E-state index is -0.769. The van der Waals surface area contributed by atoms with Crippen molar-refractivity contribution in [1.82, 2.24) is 4.90 Å². The molecule has 0 aromatic heterocycles. The molecule has 1 saturated carbocycles. The second kappa shape index (κ2) is 5.72. The van der Waals surface area contributed by atoms with Crippen molar-refractivity contribution in [3.05, 3.63) is 0 Å². The number of rotatable bonds is 5. The van der Waals surface area contributed by atoms with E-state index in [1.54, 1.807) is 4.90 Å². The number of piperidine rings is 1. The number of carbonyl (C=O) groups excluding carboxylic acids is 1. The molecule has 0 aromatic carbocycles. The first kappa shape index (κ1) is 15.3. The van der Waals surface area contributed by atoms with Gasteiger partial charge in [-0.15, -0.1) is 0 Å². The first-order chi connectivity index (χ1) is 9.47. The maximum absolute atomic E-state index is 12.5. The Kier molecular flexibility index (Phi) is 4.37. The Balaban J connectivity index is 2.01. The molecule has 1 aliphatic heterocycles. The molecule has 1 amide bonds. The van der Waals surface area contributed by atoms with Gasteiger partial charge in [0.2, 0.25) is 5.91 Å². The number of likely N-dealkylation sites (tertiary alicyclic amines) is 1. The molecule has 0 spiro atoms. The highest BCUT2D eigenvalue weighted by Gasteiger charge is 2.44. The van der Waals surface area contributed by atoms with E-state index in [2.05, 4.69) is 0 Å². The first-order valence-corrected chi connectivity index (χ1v) is 7.68. The lowest BCUT2D eigenvalue weighted by molar-refractivity contribution is -0.156. The zero-order valence-corrected chi connectivity index (χ0v) is 12.4. The van der Waals surface area contributed by atoms with Crippen LogP contribution in [-0.2, 0) is 9.59 Å². The summed E-state index contributed by atoms with van der Waals surface area (Å²) in [5, 5.41) is 9.47. The van der Waals surface area contributed by atoms with Gasteiger partial charge in [0.05, 0.1) is 5.41 Å². The second-order valence-corrected chi connectivity index (χ2v) is 6.59. The summed E-state index contributed by atoms with van der Waals surface area (Å²) in [5.41, 5.74) is 5.06. The van der Waals surface area contributed by atoms with E-state index in [-0.39, 0.29) is 11.3 Å². The van der Waals surface area contributed by atoms with Gasteiger partial charge in [-0.25, -0.2) is 0 Å². The fourth-order valence-electron chi connectivity index (χ4n) is 3.52. The molecule has 3 N–H and O–H groups in total. The van der Waals surface area contributed by atoms with Gasteiger partial charge in [0.1, 0.15) is 0 Å². The van der Waals surface area contributed by atoms with Crippen LogP contribution in [0.3, 0.4) is 0 Å². The summed E-state index contributed by atoms with van der Waals surface area (Å²) in [7, 11) is 0. The highest BCUT2D eigenvalue weighted by molar-refractivity contribution is 5.80. The van der Waals surface area contributed by atoms with Crippen molar-refractivity contribution in [3.63, 3.8) is 0 Å². The van der Waals surface area contributed by atoms with Gasteiger partial charge in [0.15, 0.2) is 0 Å². The number of nitrogens with two attached hydrogens (primary N) is 1. The number of carboxylic acids is 1. The number of nitrogens with zero attached hydrogens (tertiary/aromatic N) is 1. The highest BCUT2D eigenvalue weighted by atomic mass is 16.4. The molecule has 2 fully saturated rings. The second-order valence-electron chi connectivity index (χ2n) is 6.59. The SMILES string of the molecule is CCC1(C(=O)O)CCCN(C(=O)CC2(CN)CCC2)C1. The summed E-state index contributed by atoms with van der Waals surface area (Å²) in [6.07, 6.45) is 5.73. The average molecular weight is 282 g/mol. The van der Waals surface area contributed by atoms with E-state index in [1.165, 1.54) is 0 Å². The summed E-state index contributed by atoms with van der Waals surface area (Å²) in [6.45, 7) is 3.51. The Bertz CT molecular complexity index is 387.